The molecule has 0 aliphatic carbocycles. The molecule has 1 saturated heterocycles. The number of benzene rings is 1. The van der Waals surface area contributed by atoms with Crippen LogP contribution in [0.3, 0.4) is 0 Å². The number of amides is 1. The molecule has 1 atom stereocenters. The Balaban J connectivity index is 1.78. The molecule has 1 aliphatic rings. The molecule has 0 aromatic heterocycles. The van der Waals surface area contributed by atoms with Crippen LogP contribution in [0.1, 0.15) is 5.56 Å². The van der Waals surface area contributed by atoms with Crippen molar-refractivity contribution in [3.8, 4) is 0 Å². The summed E-state index contributed by atoms with van der Waals surface area (Å²) in [6.45, 7) is 3.87. The van der Waals surface area contributed by atoms with Gasteiger partial charge in [0.25, 0.3) is 0 Å². The van der Waals surface area contributed by atoms with E-state index >= 15 is 0 Å². The van der Waals surface area contributed by atoms with Gasteiger partial charge in [-0.3, -0.25) is 9.69 Å². The minimum atomic E-state index is 0.0820. The second-order valence-corrected chi connectivity index (χ2v) is 6.06. The van der Waals surface area contributed by atoms with Crippen LogP contribution >= 0.6 is 12.6 Å². The van der Waals surface area contributed by atoms with E-state index in [0.717, 1.165) is 30.1 Å². The highest BCUT2D eigenvalue weighted by atomic mass is 32.1. The third kappa shape index (κ3) is 4.51. The molecule has 0 saturated carbocycles. The molecular formula is C15H23N3OS. The van der Waals surface area contributed by atoms with E-state index in [4.69, 9.17) is 0 Å². The van der Waals surface area contributed by atoms with E-state index in [1.54, 1.807) is 0 Å². The Hall–Kier alpha value is -1.04. The Morgan fingerprint density at radius 1 is 1.30 bits per heavy atom. The molecule has 1 N–H and O–H groups in total. The largest absolute Gasteiger partial charge is 0.354 e. The molecule has 0 bridgehead atoms. The minimum absolute atomic E-state index is 0.0820. The lowest BCUT2D eigenvalue weighted by Gasteiger charge is -2.37. The number of likely N-dealkylation sites (N-methyl/N-ethyl adjacent to an activating group) is 2. The van der Waals surface area contributed by atoms with Gasteiger partial charge in [-0.05, 0) is 31.8 Å². The number of rotatable bonds is 4. The van der Waals surface area contributed by atoms with E-state index in [0.29, 0.717) is 19.0 Å². The van der Waals surface area contributed by atoms with E-state index in [-0.39, 0.29) is 5.91 Å². The third-order valence-corrected chi connectivity index (χ3v) is 4.11. The van der Waals surface area contributed by atoms with Gasteiger partial charge in [-0.1, -0.05) is 12.1 Å². The highest BCUT2D eigenvalue weighted by Gasteiger charge is 2.22. The zero-order valence-electron chi connectivity index (χ0n) is 12.2. The monoisotopic (exact) mass is 293 g/mol. The number of hydrogen-bond acceptors (Lipinski definition) is 4. The van der Waals surface area contributed by atoms with Crippen LogP contribution in [0, 0.1) is 0 Å². The predicted molar refractivity (Wildman–Crippen MR) is 84.3 cm³/mol. The molecule has 0 radical (unpaired) electrons. The van der Waals surface area contributed by atoms with Gasteiger partial charge in [-0.15, -0.1) is 12.6 Å². The highest BCUT2D eigenvalue weighted by molar-refractivity contribution is 7.80. The van der Waals surface area contributed by atoms with Crippen LogP contribution in [0.5, 0.6) is 0 Å². The lowest BCUT2D eigenvalue weighted by molar-refractivity contribution is -0.120. The molecule has 110 valence electrons. The Morgan fingerprint density at radius 3 is 2.70 bits per heavy atom. The Labute approximate surface area is 126 Å². The summed E-state index contributed by atoms with van der Waals surface area (Å²) in [6, 6.07) is 8.12. The molecule has 1 aromatic rings. The minimum Gasteiger partial charge on any atom is -0.354 e. The van der Waals surface area contributed by atoms with Crippen LogP contribution in [0.4, 0.5) is 0 Å². The number of hydrogen-bond donors (Lipinski definition) is 2. The lowest BCUT2D eigenvalue weighted by atomic mass is 10.1. The predicted octanol–water partition coefficient (Wildman–Crippen LogP) is 0.880. The average Bonchev–Trinajstić information content (AvgIpc) is 2.42. The smallest absolute Gasteiger partial charge is 0.224 e. The number of thiol groups is 1. The van der Waals surface area contributed by atoms with E-state index in [2.05, 4.69) is 41.8 Å². The van der Waals surface area contributed by atoms with Crippen molar-refractivity contribution < 1.29 is 4.79 Å². The van der Waals surface area contributed by atoms with Gasteiger partial charge in [-0.2, -0.15) is 0 Å². The number of nitrogens with zero attached hydrogens (tertiary/aromatic N) is 2. The molecule has 0 spiro atoms. The second kappa shape index (κ2) is 7.11. The van der Waals surface area contributed by atoms with E-state index in [1.807, 2.05) is 24.3 Å². The average molecular weight is 293 g/mol. The van der Waals surface area contributed by atoms with Gasteiger partial charge in [0.15, 0.2) is 0 Å². The van der Waals surface area contributed by atoms with Crippen LogP contribution in [-0.2, 0) is 11.2 Å². The van der Waals surface area contributed by atoms with E-state index in [9.17, 15) is 4.79 Å². The zero-order valence-corrected chi connectivity index (χ0v) is 13.1. The van der Waals surface area contributed by atoms with Gasteiger partial charge in [-0.25, -0.2) is 0 Å². The van der Waals surface area contributed by atoms with Gasteiger partial charge in [0.2, 0.25) is 5.91 Å². The Bertz CT molecular complexity index is 449. The second-order valence-electron chi connectivity index (χ2n) is 5.54. The molecular weight excluding hydrogens is 270 g/mol. The molecule has 4 nitrogen and oxygen atoms in total. The van der Waals surface area contributed by atoms with Gasteiger partial charge >= 0.3 is 0 Å². The number of nitrogens with one attached hydrogen (secondary N) is 1. The summed E-state index contributed by atoms with van der Waals surface area (Å²) < 4.78 is 0. The Morgan fingerprint density at radius 2 is 2.00 bits per heavy atom. The summed E-state index contributed by atoms with van der Waals surface area (Å²) in [5, 5.41) is 3.04. The van der Waals surface area contributed by atoms with Crippen molar-refractivity contribution in [3.63, 3.8) is 0 Å². The van der Waals surface area contributed by atoms with Crippen LogP contribution in [-0.4, -0.2) is 62.0 Å². The SMILES string of the molecule is CN1CCN(C)C(CNC(=O)Cc2ccc(S)cc2)C1. The molecule has 5 heteroatoms. The maximum atomic E-state index is 12.0. The molecule has 1 aliphatic heterocycles. The molecule has 1 unspecified atom stereocenters. The van der Waals surface area contributed by atoms with Gasteiger partial charge in [0, 0.05) is 37.1 Å². The first-order chi connectivity index (χ1) is 9.54. The fourth-order valence-corrected chi connectivity index (χ4v) is 2.56. The fraction of sp³-hybridized carbons (Fsp3) is 0.533. The molecule has 1 fully saturated rings. The first-order valence-corrected chi connectivity index (χ1v) is 7.42. The first kappa shape index (κ1) is 15.4. The molecule has 20 heavy (non-hydrogen) atoms. The van der Waals surface area contributed by atoms with Crippen LogP contribution in [0.2, 0.25) is 0 Å². The fourth-order valence-electron chi connectivity index (χ4n) is 2.42. The number of carbonyl (C=O) groups is 1. The maximum Gasteiger partial charge on any atom is 0.224 e. The Kier molecular flexibility index (Phi) is 5.46. The lowest BCUT2D eigenvalue weighted by Crippen LogP contribution is -2.54. The van der Waals surface area contributed by atoms with Crippen LogP contribution in [0.25, 0.3) is 0 Å². The van der Waals surface area contributed by atoms with Crippen molar-refractivity contribution in [2.24, 2.45) is 0 Å². The van der Waals surface area contributed by atoms with Crippen molar-refractivity contribution in [3.05, 3.63) is 29.8 Å². The van der Waals surface area contributed by atoms with Crippen molar-refractivity contribution in [1.82, 2.24) is 15.1 Å². The summed E-state index contributed by atoms with van der Waals surface area (Å²) >= 11 is 4.24. The maximum absolute atomic E-state index is 12.0. The summed E-state index contributed by atoms with van der Waals surface area (Å²) in [6.07, 6.45) is 0.431. The normalized spacial score (nSPS) is 20.9. The third-order valence-electron chi connectivity index (χ3n) is 3.82. The van der Waals surface area contributed by atoms with Crippen LogP contribution in [0.15, 0.2) is 29.2 Å². The number of carbonyl (C=O) groups excluding carboxylic acids is 1. The van der Waals surface area contributed by atoms with Crippen LogP contribution < -0.4 is 5.32 Å². The summed E-state index contributed by atoms with van der Waals surface area (Å²) in [5.74, 6) is 0.0820. The highest BCUT2D eigenvalue weighted by Crippen LogP contribution is 2.08. The van der Waals surface area contributed by atoms with Gasteiger partial charge < -0.3 is 10.2 Å². The molecule has 1 amide bonds. The summed E-state index contributed by atoms with van der Waals surface area (Å²) in [5.41, 5.74) is 1.02. The molecule has 2 rings (SSSR count). The number of piperazine rings is 1. The van der Waals surface area contributed by atoms with Crippen molar-refractivity contribution >= 4 is 18.5 Å². The molecule has 1 heterocycles. The quantitative estimate of drug-likeness (QED) is 0.809. The summed E-state index contributed by atoms with van der Waals surface area (Å²) in [7, 11) is 4.25. The van der Waals surface area contributed by atoms with Crippen molar-refractivity contribution in [2.45, 2.75) is 17.4 Å². The van der Waals surface area contributed by atoms with Crippen molar-refractivity contribution in [1.29, 1.82) is 0 Å². The summed E-state index contributed by atoms with van der Waals surface area (Å²) in [4.78, 5) is 17.5. The first-order valence-electron chi connectivity index (χ1n) is 6.98. The van der Waals surface area contributed by atoms with Crippen molar-refractivity contribution in [2.75, 3.05) is 40.3 Å². The van der Waals surface area contributed by atoms with E-state index < -0.39 is 0 Å². The van der Waals surface area contributed by atoms with Gasteiger partial charge in [0.1, 0.15) is 0 Å². The van der Waals surface area contributed by atoms with E-state index in [1.165, 1.54) is 0 Å². The van der Waals surface area contributed by atoms with Gasteiger partial charge in [0.05, 0.1) is 6.42 Å². The zero-order chi connectivity index (χ0) is 14.5. The molecule has 1 aromatic carbocycles. The topological polar surface area (TPSA) is 35.6 Å². The standard InChI is InChI=1S/C15H23N3OS/c1-17-7-8-18(2)13(11-17)10-16-15(19)9-12-3-5-14(20)6-4-12/h3-6,13,20H,7-11H2,1-2H3,(H,16,19).